The molecule has 7 heteroatoms. The van der Waals surface area contributed by atoms with E-state index in [1.807, 2.05) is 23.6 Å². The second kappa shape index (κ2) is 7.18. The molecule has 0 atom stereocenters. The molecule has 0 aliphatic carbocycles. The maximum absolute atomic E-state index is 11.0. The first-order valence-corrected chi connectivity index (χ1v) is 8.22. The molecule has 0 aliphatic heterocycles. The van der Waals surface area contributed by atoms with E-state index >= 15 is 0 Å². The fourth-order valence-electron chi connectivity index (χ4n) is 2.19. The van der Waals surface area contributed by atoms with Gasteiger partial charge in [0, 0.05) is 18.7 Å². The molecule has 0 aliphatic rings. The molecule has 1 aromatic carbocycles. The van der Waals surface area contributed by atoms with E-state index in [4.69, 9.17) is 4.74 Å². The first kappa shape index (κ1) is 16.1. The van der Waals surface area contributed by atoms with Crippen molar-refractivity contribution in [3.63, 3.8) is 0 Å². The highest BCUT2D eigenvalue weighted by Crippen LogP contribution is 2.25. The van der Waals surface area contributed by atoms with Gasteiger partial charge in [0.2, 0.25) is 5.75 Å². The number of pyridine rings is 1. The third kappa shape index (κ3) is 3.94. The number of hydrogen-bond acceptors (Lipinski definition) is 6. The molecular formula is C17H15N3O3S. The standard InChI is InChI=1S/C17H15N3O3S/c1-12-7-8-15(17(18-12)20(21)22)23-10-14-11-24-16(19-14)9-13-5-3-2-4-6-13/h2-8,11H,9-10H2,1H3. The van der Waals surface area contributed by atoms with E-state index in [0.29, 0.717) is 5.69 Å². The van der Waals surface area contributed by atoms with Crippen LogP contribution in [0.25, 0.3) is 0 Å². The molecule has 0 fully saturated rings. The summed E-state index contributed by atoms with van der Waals surface area (Å²) in [6.07, 6.45) is 0.762. The van der Waals surface area contributed by atoms with E-state index in [1.165, 1.54) is 5.56 Å². The van der Waals surface area contributed by atoms with Gasteiger partial charge in [-0.15, -0.1) is 11.3 Å². The average Bonchev–Trinajstić information content (AvgIpc) is 3.02. The molecule has 2 heterocycles. The topological polar surface area (TPSA) is 78.2 Å². The molecule has 0 amide bonds. The number of ether oxygens (including phenoxy) is 1. The van der Waals surface area contributed by atoms with Gasteiger partial charge >= 0.3 is 5.82 Å². The zero-order chi connectivity index (χ0) is 16.9. The normalized spacial score (nSPS) is 10.5. The molecule has 0 saturated heterocycles. The number of benzene rings is 1. The van der Waals surface area contributed by atoms with Crippen LogP contribution in [0.5, 0.6) is 5.75 Å². The lowest BCUT2D eigenvalue weighted by atomic mass is 10.2. The highest BCUT2D eigenvalue weighted by molar-refractivity contribution is 7.09. The van der Waals surface area contributed by atoms with Crippen LogP contribution in [0.2, 0.25) is 0 Å². The number of aromatic nitrogens is 2. The molecule has 0 radical (unpaired) electrons. The Morgan fingerprint density at radius 3 is 2.71 bits per heavy atom. The summed E-state index contributed by atoms with van der Waals surface area (Å²) in [4.78, 5) is 18.9. The molecule has 0 spiro atoms. The minimum Gasteiger partial charge on any atom is -0.479 e. The van der Waals surface area contributed by atoms with Crippen molar-refractivity contribution < 1.29 is 9.66 Å². The highest BCUT2D eigenvalue weighted by Gasteiger charge is 2.18. The predicted molar refractivity (Wildman–Crippen MR) is 91.3 cm³/mol. The Morgan fingerprint density at radius 2 is 1.96 bits per heavy atom. The first-order valence-electron chi connectivity index (χ1n) is 7.34. The minimum atomic E-state index is -0.537. The van der Waals surface area contributed by atoms with Gasteiger partial charge in [0.1, 0.15) is 12.3 Å². The van der Waals surface area contributed by atoms with Crippen molar-refractivity contribution in [2.24, 2.45) is 0 Å². The van der Waals surface area contributed by atoms with Crippen LogP contribution in [0.3, 0.4) is 0 Å². The second-order valence-electron chi connectivity index (χ2n) is 5.22. The summed E-state index contributed by atoms with van der Waals surface area (Å²) in [6.45, 7) is 1.88. The van der Waals surface area contributed by atoms with E-state index in [1.54, 1.807) is 30.4 Å². The lowest BCUT2D eigenvalue weighted by molar-refractivity contribution is -0.390. The van der Waals surface area contributed by atoms with E-state index in [9.17, 15) is 10.1 Å². The van der Waals surface area contributed by atoms with Crippen molar-refractivity contribution in [3.8, 4) is 5.75 Å². The van der Waals surface area contributed by atoms with Gasteiger partial charge in [-0.1, -0.05) is 30.3 Å². The second-order valence-corrected chi connectivity index (χ2v) is 6.16. The molecule has 122 valence electrons. The zero-order valence-electron chi connectivity index (χ0n) is 13.0. The predicted octanol–water partition coefficient (Wildman–Crippen LogP) is 3.92. The molecule has 3 rings (SSSR count). The Labute approximate surface area is 142 Å². The van der Waals surface area contributed by atoms with E-state index in [0.717, 1.165) is 17.1 Å². The Hall–Kier alpha value is -2.80. The van der Waals surface area contributed by atoms with E-state index in [2.05, 4.69) is 22.1 Å². The zero-order valence-corrected chi connectivity index (χ0v) is 13.8. The molecule has 2 aromatic heterocycles. The number of nitro groups is 1. The fourth-order valence-corrected chi connectivity index (χ4v) is 3.01. The van der Waals surface area contributed by atoms with E-state index in [-0.39, 0.29) is 18.2 Å². The van der Waals surface area contributed by atoms with Crippen LogP contribution in [0, 0.1) is 17.0 Å². The third-order valence-corrected chi connectivity index (χ3v) is 4.22. The van der Waals surface area contributed by atoms with Crippen LogP contribution >= 0.6 is 11.3 Å². The van der Waals surface area contributed by atoms with Crippen molar-refractivity contribution in [2.45, 2.75) is 20.0 Å². The van der Waals surface area contributed by atoms with Crippen LogP contribution in [0.4, 0.5) is 5.82 Å². The number of hydrogen-bond donors (Lipinski definition) is 0. The van der Waals surface area contributed by atoms with Crippen LogP contribution in [0.15, 0.2) is 47.8 Å². The Kier molecular flexibility index (Phi) is 4.81. The van der Waals surface area contributed by atoms with Gasteiger partial charge in [-0.25, -0.2) is 4.98 Å². The van der Waals surface area contributed by atoms with Crippen LogP contribution in [0.1, 0.15) is 22.0 Å². The number of rotatable bonds is 6. The Morgan fingerprint density at radius 1 is 1.17 bits per heavy atom. The lowest BCUT2D eigenvalue weighted by Gasteiger charge is -2.04. The van der Waals surface area contributed by atoms with Crippen molar-refractivity contribution in [1.29, 1.82) is 0 Å². The highest BCUT2D eigenvalue weighted by atomic mass is 32.1. The largest absolute Gasteiger partial charge is 0.479 e. The summed E-state index contributed by atoms with van der Waals surface area (Å²) >= 11 is 1.55. The summed E-state index contributed by atoms with van der Waals surface area (Å²) in [5.41, 5.74) is 2.52. The summed E-state index contributed by atoms with van der Waals surface area (Å²) in [7, 11) is 0. The quantitative estimate of drug-likeness (QED) is 0.501. The summed E-state index contributed by atoms with van der Waals surface area (Å²) in [5.74, 6) is -0.113. The number of thiazole rings is 1. The fraction of sp³-hybridized carbons (Fsp3) is 0.176. The number of nitrogens with zero attached hydrogens (tertiary/aromatic N) is 3. The van der Waals surface area contributed by atoms with Gasteiger partial charge in [0.05, 0.1) is 10.7 Å². The van der Waals surface area contributed by atoms with Crippen molar-refractivity contribution in [2.75, 3.05) is 0 Å². The summed E-state index contributed by atoms with van der Waals surface area (Å²) in [6, 6.07) is 13.3. The maximum Gasteiger partial charge on any atom is 0.406 e. The van der Waals surface area contributed by atoms with Crippen molar-refractivity contribution in [1.82, 2.24) is 9.97 Å². The molecule has 0 unspecified atom stereocenters. The Balaban J connectivity index is 1.67. The smallest absolute Gasteiger partial charge is 0.406 e. The third-order valence-electron chi connectivity index (χ3n) is 3.32. The van der Waals surface area contributed by atoms with Crippen molar-refractivity contribution in [3.05, 3.63) is 79.9 Å². The van der Waals surface area contributed by atoms with Crippen LogP contribution in [-0.2, 0) is 13.0 Å². The molecule has 24 heavy (non-hydrogen) atoms. The van der Waals surface area contributed by atoms with Crippen LogP contribution in [-0.4, -0.2) is 14.9 Å². The summed E-state index contributed by atoms with van der Waals surface area (Å²) in [5, 5.41) is 13.9. The van der Waals surface area contributed by atoms with Gasteiger partial charge in [-0.05, 0) is 27.6 Å². The van der Waals surface area contributed by atoms with Gasteiger partial charge in [0.25, 0.3) is 0 Å². The molecule has 0 N–H and O–H groups in total. The molecule has 0 bridgehead atoms. The average molecular weight is 341 g/mol. The SMILES string of the molecule is Cc1ccc(OCc2csc(Cc3ccccc3)n2)c([N+](=O)[O-])n1. The lowest BCUT2D eigenvalue weighted by Crippen LogP contribution is -2.02. The van der Waals surface area contributed by atoms with Crippen molar-refractivity contribution >= 4 is 17.2 Å². The molecule has 3 aromatic rings. The maximum atomic E-state index is 11.0. The van der Waals surface area contributed by atoms with E-state index < -0.39 is 4.92 Å². The minimum absolute atomic E-state index is 0.156. The summed E-state index contributed by atoms with van der Waals surface area (Å²) < 4.78 is 5.54. The number of aryl methyl sites for hydroxylation is 1. The Bertz CT molecular complexity index is 849. The van der Waals surface area contributed by atoms with Gasteiger partial charge < -0.3 is 14.9 Å². The molecular weight excluding hydrogens is 326 g/mol. The first-order chi connectivity index (χ1) is 11.6. The van der Waals surface area contributed by atoms with Gasteiger partial charge in [-0.2, -0.15) is 0 Å². The molecule has 0 saturated carbocycles. The van der Waals surface area contributed by atoms with Gasteiger partial charge in [0.15, 0.2) is 0 Å². The van der Waals surface area contributed by atoms with Crippen LogP contribution < -0.4 is 4.74 Å². The molecule has 6 nitrogen and oxygen atoms in total. The van der Waals surface area contributed by atoms with Gasteiger partial charge in [-0.3, -0.25) is 0 Å². The monoisotopic (exact) mass is 341 g/mol.